The maximum absolute atomic E-state index is 14.5. The smallest absolute Gasteiger partial charge is 0.391 e. The van der Waals surface area contributed by atoms with E-state index in [1.165, 1.54) is 24.3 Å². The minimum absolute atomic E-state index is 0.00506. The zero-order chi connectivity index (χ0) is 19.9. The lowest BCUT2D eigenvalue weighted by molar-refractivity contribution is -0.174. The van der Waals surface area contributed by atoms with Crippen LogP contribution in [-0.2, 0) is 4.75 Å². The number of benzene rings is 3. The molecule has 1 fully saturated rings. The number of alkyl halides is 3. The Hall–Kier alpha value is -2.31. The highest BCUT2D eigenvalue weighted by Gasteiger charge is 2.67. The van der Waals surface area contributed by atoms with Gasteiger partial charge in [-0.15, -0.1) is 11.8 Å². The Kier molecular flexibility index (Phi) is 4.71. The standard InChI is InChI=1S/C22H17F3O2S/c23-22(24,25)21(17-11-10-14-6-4-5-9-16(14)12-17)19(18(26)13-28-21)20(27)15-7-2-1-3-8-15/h1-12,18-19,26H,13H2/t18-,19+,21-/m1/s1. The molecule has 3 aromatic carbocycles. The molecule has 144 valence electrons. The third kappa shape index (κ3) is 2.91. The molecule has 0 radical (unpaired) electrons. The molecule has 1 aliphatic heterocycles. The summed E-state index contributed by atoms with van der Waals surface area (Å²) in [5.74, 6) is -2.46. The predicted octanol–water partition coefficient (Wildman–Crippen LogP) is 5.20. The summed E-state index contributed by atoms with van der Waals surface area (Å²) in [6.07, 6.45) is -6.10. The molecule has 1 N–H and O–H groups in total. The first kappa shape index (κ1) is 19.0. The lowest BCUT2D eigenvalue weighted by atomic mass is 9.77. The van der Waals surface area contributed by atoms with Crippen LogP contribution in [0.3, 0.4) is 0 Å². The van der Waals surface area contributed by atoms with Crippen molar-refractivity contribution in [3.63, 3.8) is 0 Å². The van der Waals surface area contributed by atoms with E-state index in [0.717, 1.165) is 5.39 Å². The number of rotatable bonds is 3. The maximum atomic E-state index is 14.5. The SMILES string of the molecule is O=C(c1ccccc1)[C@@H]1[C@H](O)CS[C@@]1(c1ccc2ccccc2c1)C(F)(F)F. The lowest BCUT2D eigenvalue weighted by Crippen LogP contribution is -2.49. The monoisotopic (exact) mass is 402 g/mol. The van der Waals surface area contributed by atoms with Crippen LogP contribution in [-0.4, -0.2) is 28.9 Å². The van der Waals surface area contributed by atoms with Crippen molar-refractivity contribution in [3.8, 4) is 0 Å². The summed E-state index contributed by atoms with van der Waals surface area (Å²) >= 11 is 0.602. The number of carbonyl (C=O) groups excluding carboxylic acids is 1. The van der Waals surface area contributed by atoms with Gasteiger partial charge in [0.2, 0.25) is 0 Å². The Morgan fingerprint density at radius 3 is 2.29 bits per heavy atom. The number of carbonyl (C=O) groups is 1. The van der Waals surface area contributed by atoms with Crippen LogP contribution in [0.25, 0.3) is 10.8 Å². The summed E-state index contributed by atoms with van der Waals surface area (Å²) in [5, 5.41) is 11.9. The molecule has 1 saturated heterocycles. The number of fused-ring (bicyclic) bond motifs is 1. The molecule has 1 aliphatic rings. The Morgan fingerprint density at radius 2 is 1.61 bits per heavy atom. The number of halogens is 3. The summed E-state index contributed by atoms with van der Waals surface area (Å²) in [5.41, 5.74) is 0.165. The first-order chi connectivity index (χ1) is 13.3. The van der Waals surface area contributed by atoms with Crippen LogP contribution < -0.4 is 0 Å². The van der Waals surface area contributed by atoms with Gasteiger partial charge in [0.05, 0.1) is 12.0 Å². The second kappa shape index (κ2) is 6.94. The number of Topliss-reactive ketones (excluding diaryl/α,β-unsaturated/α-hetero) is 1. The topological polar surface area (TPSA) is 37.3 Å². The normalized spacial score (nSPS) is 25.1. The first-order valence-electron chi connectivity index (χ1n) is 8.82. The van der Waals surface area contributed by atoms with E-state index in [0.29, 0.717) is 17.1 Å². The van der Waals surface area contributed by atoms with Crippen LogP contribution in [0.2, 0.25) is 0 Å². The molecule has 4 rings (SSSR count). The molecule has 28 heavy (non-hydrogen) atoms. The van der Waals surface area contributed by atoms with E-state index in [4.69, 9.17) is 0 Å². The fraction of sp³-hybridized carbons (Fsp3) is 0.227. The molecule has 3 aromatic rings. The van der Waals surface area contributed by atoms with Gasteiger partial charge in [-0.3, -0.25) is 4.79 Å². The molecule has 1 heterocycles. The second-order valence-electron chi connectivity index (χ2n) is 6.88. The van der Waals surface area contributed by atoms with E-state index in [9.17, 15) is 23.1 Å². The number of aliphatic hydroxyl groups is 1. The van der Waals surface area contributed by atoms with Crippen molar-refractivity contribution < 1.29 is 23.1 Å². The van der Waals surface area contributed by atoms with Crippen molar-refractivity contribution in [1.29, 1.82) is 0 Å². The fourth-order valence-corrected chi connectivity index (χ4v) is 5.45. The second-order valence-corrected chi connectivity index (χ2v) is 8.15. The fourth-order valence-electron chi connectivity index (χ4n) is 3.92. The summed E-state index contributed by atoms with van der Waals surface area (Å²) < 4.78 is 41.1. The van der Waals surface area contributed by atoms with Gasteiger partial charge in [-0.2, -0.15) is 13.2 Å². The van der Waals surface area contributed by atoms with Crippen molar-refractivity contribution in [2.24, 2.45) is 5.92 Å². The van der Waals surface area contributed by atoms with E-state index in [1.807, 2.05) is 12.1 Å². The lowest BCUT2D eigenvalue weighted by Gasteiger charge is -2.37. The largest absolute Gasteiger partial charge is 0.408 e. The van der Waals surface area contributed by atoms with Gasteiger partial charge >= 0.3 is 6.18 Å². The number of hydrogen-bond donors (Lipinski definition) is 1. The van der Waals surface area contributed by atoms with E-state index in [2.05, 4.69) is 0 Å². The highest BCUT2D eigenvalue weighted by molar-refractivity contribution is 8.00. The van der Waals surface area contributed by atoms with E-state index >= 15 is 0 Å². The van der Waals surface area contributed by atoms with Crippen molar-refractivity contribution in [2.45, 2.75) is 17.0 Å². The predicted molar refractivity (Wildman–Crippen MR) is 104 cm³/mol. The first-order valence-corrected chi connectivity index (χ1v) is 9.80. The van der Waals surface area contributed by atoms with Crippen LogP contribution in [0.1, 0.15) is 15.9 Å². The van der Waals surface area contributed by atoms with Crippen molar-refractivity contribution in [3.05, 3.63) is 83.9 Å². The van der Waals surface area contributed by atoms with Crippen molar-refractivity contribution in [1.82, 2.24) is 0 Å². The molecule has 0 spiro atoms. The molecule has 0 amide bonds. The average molecular weight is 402 g/mol. The molecule has 0 aromatic heterocycles. The molecular weight excluding hydrogens is 385 g/mol. The van der Waals surface area contributed by atoms with E-state index in [1.54, 1.807) is 36.4 Å². The summed E-state index contributed by atoms with van der Waals surface area (Å²) in [7, 11) is 0. The summed E-state index contributed by atoms with van der Waals surface area (Å²) in [6.45, 7) is 0. The van der Waals surface area contributed by atoms with Gasteiger partial charge in [0, 0.05) is 11.3 Å². The summed E-state index contributed by atoms with van der Waals surface area (Å²) in [6, 6.07) is 19.6. The zero-order valence-corrected chi connectivity index (χ0v) is 15.5. The molecule has 0 aliphatic carbocycles. The third-order valence-electron chi connectivity index (χ3n) is 5.24. The highest BCUT2D eigenvalue weighted by atomic mass is 32.2. The highest BCUT2D eigenvalue weighted by Crippen LogP contribution is 2.60. The minimum Gasteiger partial charge on any atom is -0.391 e. The number of aliphatic hydroxyl groups excluding tert-OH is 1. The van der Waals surface area contributed by atoms with Gasteiger partial charge in [-0.1, -0.05) is 66.7 Å². The van der Waals surface area contributed by atoms with Crippen molar-refractivity contribution >= 4 is 28.3 Å². The van der Waals surface area contributed by atoms with Crippen LogP contribution in [0.15, 0.2) is 72.8 Å². The van der Waals surface area contributed by atoms with Gasteiger partial charge in [-0.05, 0) is 22.4 Å². The Morgan fingerprint density at radius 1 is 0.964 bits per heavy atom. The van der Waals surface area contributed by atoms with Crippen LogP contribution in [0.4, 0.5) is 13.2 Å². The Labute approximate surface area is 164 Å². The average Bonchev–Trinajstić information content (AvgIpc) is 3.06. The maximum Gasteiger partial charge on any atom is 0.408 e. The molecule has 0 saturated carbocycles. The molecule has 2 nitrogen and oxygen atoms in total. The molecular formula is C22H17F3O2S. The van der Waals surface area contributed by atoms with Crippen molar-refractivity contribution in [2.75, 3.05) is 5.75 Å². The third-order valence-corrected chi connectivity index (χ3v) is 6.93. The van der Waals surface area contributed by atoms with Crippen LogP contribution >= 0.6 is 11.8 Å². The number of hydrogen-bond acceptors (Lipinski definition) is 3. The van der Waals surface area contributed by atoms with Gasteiger partial charge in [-0.25, -0.2) is 0 Å². The number of ketones is 1. The van der Waals surface area contributed by atoms with Crippen LogP contribution in [0.5, 0.6) is 0 Å². The Bertz CT molecular complexity index is 1020. The van der Waals surface area contributed by atoms with E-state index in [-0.39, 0.29) is 16.9 Å². The quantitative estimate of drug-likeness (QED) is 0.612. The summed E-state index contributed by atoms with van der Waals surface area (Å²) in [4.78, 5) is 13.1. The van der Waals surface area contributed by atoms with Gasteiger partial charge in [0.1, 0.15) is 4.75 Å². The minimum atomic E-state index is -4.72. The molecule has 6 heteroatoms. The molecule has 3 atom stereocenters. The number of thioether (sulfide) groups is 1. The van der Waals surface area contributed by atoms with Gasteiger partial charge < -0.3 is 5.11 Å². The van der Waals surface area contributed by atoms with Crippen LogP contribution in [0, 0.1) is 5.92 Å². The molecule has 0 unspecified atom stereocenters. The zero-order valence-electron chi connectivity index (χ0n) is 14.7. The van der Waals surface area contributed by atoms with Gasteiger partial charge in [0.15, 0.2) is 5.78 Å². The Balaban J connectivity index is 1.91. The molecule has 0 bridgehead atoms. The van der Waals surface area contributed by atoms with Gasteiger partial charge in [0.25, 0.3) is 0 Å². The van der Waals surface area contributed by atoms with E-state index < -0.39 is 28.7 Å².